The van der Waals surface area contributed by atoms with Gasteiger partial charge in [0.15, 0.2) is 5.58 Å². The van der Waals surface area contributed by atoms with Gasteiger partial charge in [-0.05, 0) is 59.5 Å². The zero-order valence-corrected chi connectivity index (χ0v) is 17.5. The van der Waals surface area contributed by atoms with Crippen LogP contribution in [0.5, 0.6) is 0 Å². The number of oxazole rings is 1. The molecule has 1 atom stereocenters. The van der Waals surface area contributed by atoms with E-state index in [9.17, 15) is 13.2 Å². The van der Waals surface area contributed by atoms with E-state index in [1.54, 1.807) is 30.6 Å². The third-order valence-electron chi connectivity index (χ3n) is 4.68. The van der Waals surface area contributed by atoms with Crippen LogP contribution in [0.1, 0.15) is 22.9 Å². The number of benzene rings is 1. The van der Waals surface area contributed by atoms with Crippen LogP contribution in [0, 0.1) is 6.92 Å². The van der Waals surface area contributed by atoms with Crippen molar-refractivity contribution in [2.75, 3.05) is 0 Å². The van der Waals surface area contributed by atoms with Crippen molar-refractivity contribution in [1.29, 1.82) is 0 Å². The number of aromatic nitrogens is 2. The largest absolute Gasteiger partial charge is 0.419 e. The molecule has 1 unspecified atom stereocenters. The summed E-state index contributed by atoms with van der Waals surface area (Å²) >= 11 is 1.56. The second-order valence-corrected chi connectivity index (χ2v) is 9.32. The molecule has 0 aliphatic heterocycles. The van der Waals surface area contributed by atoms with Gasteiger partial charge in [-0.3, -0.25) is 9.55 Å². The topological polar surface area (TPSA) is 94.2 Å². The summed E-state index contributed by atoms with van der Waals surface area (Å²) in [5.41, 5.74) is 3.41. The maximum Gasteiger partial charge on any atom is 0.419 e. The standard InChI is InChI=1S/C20H19N3O4S2/c1-13-3-5-16(21-11-13)17(9-14-7-8-28-12-14)22-29(25,26)15-4-6-18-19(10-15)27-20(24)23(18)2/h3-8,10-12,17,22H,9H2,1-2H3. The van der Waals surface area contributed by atoms with E-state index >= 15 is 0 Å². The SMILES string of the molecule is Cc1ccc(C(Cc2ccsc2)NS(=O)(=O)c2ccc3c(c2)oc(=O)n3C)nc1. The Hall–Kier alpha value is -2.75. The molecular weight excluding hydrogens is 410 g/mol. The van der Waals surface area contributed by atoms with Gasteiger partial charge in [-0.1, -0.05) is 6.07 Å². The van der Waals surface area contributed by atoms with Crippen molar-refractivity contribution in [3.8, 4) is 0 Å². The van der Waals surface area contributed by atoms with E-state index in [4.69, 9.17) is 4.42 Å². The third kappa shape index (κ3) is 4.02. The van der Waals surface area contributed by atoms with Crippen LogP contribution >= 0.6 is 11.3 Å². The molecule has 0 aliphatic carbocycles. The molecule has 0 bridgehead atoms. The monoisotopic (exact) mass is 429 g/mol. The highest BCUT2D eigenvalue weighted by Crippen LogP contribution is 2.23. The van der Waals surface area contributed by atoms with Crippen LogP contribution in [0.25, 0.3) is 11.1 Å². The number of rotatable bonds is 6. The molecule has 0 spiro atoms. The predicted molar refractivity (Wildman–Crippen MR) is 112 cm³/mol. The van der Waals surface area contributed by atoms with E-state index in [2.05, 4.69) is 9.71 Å². The van der Waals surface area contributed by atoms with Gasteiger partial charge in [0.05, 0.1) is 22.1 Å². The molecule has 0 saturated carbocycles. The van der Waals surface area contributed by atoms with Gasteiger partial charge in [0.1, 0.15) is 0 Å². The molecule has 0 radical (unpaired) electrons. The van der Waals surface area contributed by atoms with Crippen LogP contribution in [0.3, 0.4) is 0 Å². The summed E-state index contributed by atoms with van der Waals surface area (Å²) in [5, 5.41) is 3.94. The van der Waals surface area contributed by atoms with Crippen molar-refractivity contribution in [2.45, 2.75) is 24.3 Å². The third-order valence-corrected chi connectivity index (χ3v) is 6.88. The number of sulfonamides is 1. The molecule has 0 fully saturated rings. The second-order valence-electron chi connectivity index (χ2n) is 6.83. The Bertz CT molecular complexity index is 1300. The Balaban J connectivity index is 1.70. The minimum atomic E-state index is -3.87. The summed E-state index contributed by atoms with van der Waals surface area (Å²) in [4.78, 5) is 16.1. The van der Waals surface area contributed by atoms with Gasteiger partial charge in [-0.25, -0.2) is 17.9 Å². The van der Waals surface area contributed by atoms with Gasteiger partial charge < -0.3 is 4.42 Å². The van der Waals surface area contributed by atoms with E-state index in [1.165, 1.54) is 16.7 Å². The molecule has 0 saturated heterocycles. The maximum atomic E-state index is 13.1. The average Bonchev–Trinajstić information content (AvgIpc) is 3.29. The molecule has 1 aromatic carbocycles. The lowest BCUT2D eigenvalue weighted by atomic mass is 10.1. The van der Waals surface area contributed by atoms with Crippen LogP contribution in [-0.2, 0) is 23.5 Å². The van der Waals surface area contributed by atoms with E-state index in [1.807, 2.05) is 35.9 Å². The fourth-order valence-corrected chi connectivity index (χ4v) is 4.98. The Labute approximate surface area is 171 Å². The first-order valence-electron chi connectivity index (χ1n) is 8.89. The number of fused-ring (bicyclic) bond motifs is 1. The quantitative estimate of drug-likeness (QED) is 0.508. The van der Waals surface area contributed by atoms with Gasteiger partial charge in [0.2, 0.25) is 10.0 Å². The first kappa shape index (κ1) is 19.6. The van der Waals surface area contributed by atoms with Gasteiger partial charge in [0, 0.05) is 19.3 Å². The fourth-order valence-electron chi connectivity index (χ4n) is 3.07. The zero-order valence-electron chi connectivity index (χ0n) is 15.8. The minimum Gasteiger partial charge on any atom is -0.408 e. The predicted octanol–water partition coefficient (Wildman–Crippen LogP) is 3.16. The summed E-state index contributed by atoms with van der Waals surface area (Å²) < 4.78 is 35.4. The molecule has 3 heterocycles. The number of hydrogen-bond donors (Lipinski definition) is 1. The maximum absolute atomic E-state index is 13.1. The fraction of sp³-hybridized carbons (Fsp3) is 0.200. The van der Waals surface area contributed by atoms with Crippen molar-refractivity contribution in [3.63, 3.8) is 0 Å². The van der Waals surface area contributed by atoms with Gasteiger partial charge in [-0.2, -0.15) is 11.3 Å². The summed E-state index contributed by atoms with van der Waals surface area (Å²) in [6.07, 6.45) is 2.19. The number of aryl methyl sites for hydroxylation is 2. The lowest BCUT2D eigenvalue weighted by molar-refractivity contribution is 0.526. The number of thiophene rings is 1. The van der Waals surface area contributed by atoms with Crippen molar-refractivity contribution < 1.29 is 12.8 Å². The molecule has 7 nitrogen and oxygen atoms in total. The van der Waals surface area contributed by atoms with E-state index < -0.39 is 21.8 Å². The second kappa shape index (κ2) is 7.58. The Morgan fingerprint density at radius 1 is 1.24 bits per heavy atom. The van der Waals surface area contributed by atoms with E-state index in [0.29, 0.717) is 17.6 Å². The molecule has 0 amide bonds. The van der Waals surface area contributed by atoms with Crippen molar-refractivity contribution in [3.05, 3.63) is 80.7 Å². The smallest absolute Gasteiger partial charge is 0.408 e. The van der Waals surface area contributed by atoms with Crippen LogP contribution in [-0.4, -0.2) is 18.0 Å². The molecular formula is C20H19N3O4S2. The molecule has 9 heteroatoms. The van der Waals surface area contributed by atoms with Crippen molar-refractivity contribution in [2.24, 2.45) is 7.05 Å². The van der Waals surface area contributed by atoms with Crippen LogP contribution in [0.15, 0.2) is 67.5 Å². The summed E-state index contributed by atoms with van der Waals surface area (Å²) in [7, 11) is -2.30. The lowest BCUT2D eigenvalue weighted by Crippen LogP contribution is -2.30. The number of nitrogens with one attached hydrogen (secondary N) is 1. The van der Waals surface area contributed by atoms with E-state index in [0.717, 1.165) is 11.1 Å². The molecule has 4 rings (SSSR count). The number of nitrogens with zero attached hydrogens (tertiary/aromatic N) is 2. The van der Waals surface area contributed by atoms with E-state index in [-0.39, 0.29) is 10.5 Å². The number of pyridine rings is 1. The summed E-state index contributed by atoms with van der Waals surface area (Å²) in [5.74, 6) is -0.540. The zero-order chi connectivity index (χ0) is 20.6. The summed E-state index contributed by atoms with van der Waals surface area (Å²) in [6, 6.07) is 9.55. The highest BCUT2D eigenvalue weighted by molar-refractivity contribution is 7.89. The Morgan fingerprint density at radius 2 is 2.07 bits per heavy atom. The van der Waals surface area contributed by atoms with Crippen LogP contribution in [0.2, 0.25) is 0 Å². The van der Waals surface area contributed by atoms with Crippen LogP contribution < -0.4 is 10.5 Å². The highest BCUT2D eigenvalue weighted by atomic mass is 32.2. The molecule has 4 aromatic rings. The Morgan fingerprint density at radius 3 is 2.76 bits per heavy atom. The van der Waals surface area contributed by atoms with Crippen molar-refractivity contribution in [1.82, 2.24) is 14.3 Å². The van der Waals surface area contributed by atoms with Crippen LogP contribution in [0.4, 0.5) is 0 Å². The minimum absolute atomic E-state index is 0.0294. The lowest BCUT2D eigenvalue weighted by Gasteiger charge is -2.18. The number of hydrogen-bond acceptors (Lipinski definition) is 6. The first-order chi connectivity index (χ1) is 13.8. The molecule has 3 aromatic heterocycles. The normalized spacial score (nSPS) is 13.0. The molecule has 0 aliphatic rings. The summed E-state index contributed by atoms with van der Waals surface area (Å²) in [6.45, 7) is 1.93. The van der Waals surface area contributed by atoms with Gasteiger partial charge >= 0.3 is 5.76 Å². The molecule has 1 N–H and O–H groups in total. The highest BCUT2D eigenvalue weighted by Gasteiger charge is 2.24. The average molecular weight is 430 g/mol. The van der Waals surface area contributed by atoms with Gasteiger partial charge in [-0.15, -0.1) is 0 Å². The molecule has 150 valence electrons. The molecule has 29 heavy (non-hydrogen) atoms. The Kier molecular flexibility index (Phi) is 5.12. The first-order valence-corrected chi connectivity index (χ1v) is 11.3. The van der Waals surface area contributed by atoms with Crippen molar-refractivity contribution >= 4 is 32.5 Å². The van der Waals surface area contributed by atoms with Gasteiger partial charge in [0.25, 0.3) is 0 Å².